The summed E-state index contributed by atoms with van der Waals surface area (Å²) >= 11 is 0. The summed E-state index contributed by atoms with van der Waals surface area (Å²) < 4.78 is 6.71. The molecule has 0 atom stereocenters. The molecule has 0 amide bonds. The monoisotopic (exact) mass is 796 g/mol. The normalized spacial score (nSPS) is 12.8. The van der Waals surface area contributed by atoms with Gasteiger partial charge in [-0.25, -0.2) is 19.9 Å². The molecule has 0 saturated carbocycles. The fourth-order valence-electron chi connectivity index (χ4n) is 9.03. The minimum absolute atomic E-state index is 0.508. The molecule has 4 heterocycles. The van der Waals surface area contributed by atoms with Crippen LogP contribution < -0.4 is 4.74 Å². The number of aliphatic imine (C=N–C) groups is 1. The van der Waals surface area contributed by atoms with Crippen molar-refractivity contribution in [2.24, 2.45) is 4.99 Å². The molecule has 292 valence electrons. The van der Waals surface area contributed by atoms with E-state index in [2.05, 4.69) is 103 Å². The van der Waals surface area contributed by atoms with E-state index in [1.165, 1.54) is 0 Å². The molecule has 2 aliphatic rings. The lowest BCUT2D eigenvalue weighted by molar-refractivity contribution is 0.436. The maximum absolute atomic E-state index is 6.71. The van der Waals surface area contributed by atoms with E-state index in [4.69, 9.17) is 29.7 Å². The van der Waals surface area contributed by atoms with Crippen LogP contribution in [0.25, 0.3) is 73.5 Å². The summed E-state index contributed by atoms with van der Waals surface area (Å²) in [5.74, 6) is 3.36. The molecule has 0 unspecified atom stereocenters. The molecule has 1 aliphatic heterocycles. The predicted octanol–water partition coefficient (Wildman–Crippen LogP) is 12.7. The summed E-state index contributed by atoms with van der Waals surface area (Å²) in [6, 6.07) is 60.1. The largest absolute Gasteiger partial charge is 0.457 e. The van der Waals surface area contributed by atoms with Crippen molar-refractivity contribution in [3.63, 3.8) is 0 Å². The Balaban J connectivity index is 1.26. The molecular weight excluding hydrogens is 761 g/mol. The van der Waals surface area contributed by atoms with Crippen LogP contribution in [0.15, 0.2) is 206 Å². The first kappa shape index (κ1) is 36.6. The average Bonchev–Trinajstić information content (AvgIpc) is 3.64. The van der Waals surface area contributed by atoms with E-state index in [9.17, 15) is 0 Å². The highest BCUT2D eigenvalue weighted by molar-refractivity contribution is 6.02. The summed E-state index contributed by atoms with van der Waals surface area (Å²) in [7, 11) is 0. The molecule has 7 heteroatoms. The zero-order valence-electron chi connectivity index (χ0n) is 33.5. The Morgan fingerprint density at radius 3 is 1.66 bits per heavy atom. The Labute approximate surface area is 359 Å². The van der Waals surface area contributed by atoms with Gasteiger partial charge in [-0.3, -0.25) is 9.98 Å². The Morgan fingerprint density at radius 1 is 0.500 bits per heavy atom. The van der Waals surface area contributed by atoms with Crippen LogP contribution in [-0.2, 0) is 5.41 Å². The van der Waals surface area contributed by atoms with Gasteiger partial charge in [0.25, 0.3) is 0 Å². The molecule has 0 bridgehead atoms. The van der Waals surface area contributed by atoms with Gasteiger partial charge >= 0.3 is 0 Å². The van der Waals surface area contributed by atoms with Gasteiger partial charge in [0.1, 0.15) is 11.5 Å². The summed E-state index contributed by atoms with van der Waals surface area (Å²) in [6.45, 7) is 8.14. The second-order valence-corrected chi connectivity index (χ2v) is 15.1. The number of aromatic nitrogens is 5. The van der Waals surface area contributed by atoms with E-state index >= 15 is 0 Å². The smallest absolute Gasteiger partial charge is 0.164 e. The Kier molecular flexibility index (Phi) is 8.86. The van der Waals surface area contributed by atoms with Crippen molar-refractivity contribution in [2.75, 3.05) is 0 Å². The van der Waals surface area contributed by atoms with Gasteiger partial charge in [-0.2, -0.15) is 0 Å². The van der Waals surface area contributed by atoms with Crippen LogP contribution >= 0.6 is 0 Å². The van der Waals surface area contributed by atoms with Gasteiger partial charge in [-0.1, -0.05) is 159 Å². The maximum Gasteiger partial charge on any atom is 0.164 e. The van der Waals surface area contributed by atoms with Crippen molar-refractivity contribution in [1.82, 2.24) is 24.9 Å². The number of nitrogens with zero attached hydrogens (tertiary/aromatic N) is 6. The molecule has 1 aliphatic carbocycles. The summed E-state index contributed by atoms with van der Waals surface area (Å²) in [4.78, 5) is 30.0. The van der Waals surface area contributed by atoms with Crippen LogP contribution in [0, 0.1) is 0 Å². The van der Waals surface area contributed by atoms with Gasteiger partial charge in [-0.05, 0) is 69.8 Å². The van der Waals surface area contributed by atoms with E-state index in [1.807, 2.05) is 91.0 Å². The second kappa shape index (κ2) is 15.0. The topological polar surface area (TPSA) is 86.0 Å². The number of ether oxygens (including phenoxy) is 1. The Bertz CT molecular complexity index is 3150. The van der Waals surface area contributed by atoms with E-state index in [0.29, 0.717) is 34.6 Å². The fourth-order valence-corrected chi connectivity index (χ4v) is 9.03. The average molecular weight is 797 g/mol. The van der Waals surface area contributed by atoms with E-state index in [-0.39, 0.29) is 0 Å². The van der Waals surface area contributed by atoms with Gasteiger partial charge in [0.15, 0.2) is 17.5 Å². The lowest BCUT2D eigenvalue weighted by Crippen LogP contribution is -2.32. The molecule has 0 N–H and O–H groups in total. The summed E-state index contributed by atoms with van der Waals surface area (Å²) in [5, 5.41) is 0. The SMILES string of the molecule is C=CC=NC(=C)c1cc(-c2cccc3c2-c2c(-c4nc(-c5ccccc5)nc(-c5ccccc5)n4)cccc2C32c3ccccc3Oc3ccccc32)cc(-c2ccccn2)n1. The van der Waals surface area contributed by atoms with Crippen LogP contribution in [0.1, 0.15) is 27.9 Å². The van der Waals surface area contributed by atoms with Crippen LogP contribution in [0.4, 0.5) is 0 Å². The van der Waals surface area contributed by atoms with Gasteiger partial charge in [0.2, 0.25) is 0 Å². The van der Waals surface area contributed by atoms with Crippen molar-refractivity contribution in [2.45, 2.75) is 5.41 Å². The van der Waals surface area contributed by atoms with Crippen molar-refractivity contribution in [3.05, 3.63) is 229 Å². The zero-order valence-corrected chi connectivity index (χ0v) is 33.5. The van der Waals surface area contributed by atoms with Crippen molar-refractivity contribution in [3.8, 4) is 79.3 Å². The number of rotatable bonds is 8. The third-order valence-electron chi connectivity index (χ3n) is 11.6. The molecular formula is C55H36N6O. The van der Waals surface area contributed by atoms with Gasteiger partial charge < -0.3 is 4.74 Å². The molecule has 0 radical (unpaired) electrons. The molecule has 62 heavy (non-hydrogen) atoms. The van der Waals surface area contributed by atoms with Gasteiger partial charge in [-0.15, -0.1) is 0 Å². The number of benzene rings is 6. The predicted molar refractivity (Wildman–Crippen MR) is 248 cm³/mol. The Morgan fingerprint density at radius 2 is 1.05 bits per heavy atom. The first-order valence-electron chi connectivity index (χ1n) is 20.4. The van der Waals surface area contributed by atoms with Gasteiger partial charge in [0.05, 0.1) is 28.2 Å². The van der Waals surface area contributed by atoms with Gasteiger partial charge in [0, 0.05) is 40.2 Å². The summed E-state index contributed by atoms with van der Waals surface area (Å²) in [6.07, 6.45) is 5.04. The Hall–Kier alpha value is -8.42. The highest BCUT2D eigenvalue weighted by atomic mass is 16.5. The molecule has 9 aromatic rings. The molecule has 6 aromatic carbocycles. The van der Waals surface area contributed by atoms with Crippen molar-refractivity contribution < 1.29 is 4.74 Å². The molecule has 0 fully saturated rings. The first-order valence-corrected chi connectivity index (χ1v) is 20.4. The standard InChI is InChI=1S/C55H36N6O/c1-3-31-56-35(2)46-33-38(34-47(58-46)45-28-14-15-32-57-45)39-22-16-26-43-50(39)51-40(54-60-52(36-18-6-4-7-19-36)59-53(61-54)37-20-8-5-9-21-37)23-17-27-44(51)55(43)41-24-10-12-29-48(41)62-49-30-13-11-25-42(49)55/h3-34H,1-2H2. The quantitative estimate of drug-likeness (QED) is 0.142. The number of pyridine rings is 2. The van der Waals surface area contributed by atoms with Crippen molar-refractivity contribution in [1.29, 1.82) is 0 Å². The lowest BCUT2D eigenvalue weighted by Gasteiger charge is -2.39. The second-order valence-electron chi connectivity index (χ2n) is 15.1. The number of fused-ring (bicyclic) bond motifs is 9. The minimum atomic E-state index is -0.767. The minimum Gasteiger partial charge on any atom is -0.457 e. The van der Waals surface area contributed by atoms with Crippen molar-refractivity contribution >= 4 is 11.9 Å². The molecule has 3 aromatic heterocycles. The molecule has 1 spiro atoms. The first-order chi connectivity index (χ1) is 30.6. The summed E-state index contributed by atoms with van der Waals surface area (Å²) in [5.41, 5.74) is 12.8. The van der Waals surface area contributed by atoms with E-state index < -0.39 is 5.41 Å². The fraction of sp³-hybridized carbons (Fsp3) is 0.0182. The third-order valence-corrected chi connectivity index (χ3v) is 11.6. The van der Waals surface area contributed by atoms with Crippen LogP contribution in [0.3, 0.4) is 0 Å². The highest BCUT2D eigenvalue weighted by Crippen LogP contribution is 2.64. The third kappa shape index (κ3) is 5.90. The number of para-hydroxylation sites is 2. The van der Waals surface area contributed by atoms with E-state index in [0.717, 1.165) is 78.4 Å². The van der Waals surface area contributed by atoms with E-state index in [1.54, 1.807) is 18.5 Å². The van der Waals surface area contributed by atoms with Crippen LogP contribution in [0.2, 0.25) is 0 Å². The highest BCUT2D eigenvalue weighted by Gasteiger charge is 2.52. The molecule has 0 saturated heterocycles. The van der Waals surface area contributed by atoms with Crippen LogP contribution in [0.5, 0.6) is 11.5 Å². The zero-order chi connectivity index (χ0) is 41.6. The number of hydrogen-bond donors (Lipinski definition) is 0. The lowest BCUT2D eigenvalue weighted by atomic mass is 9.66. The maximum atomic E-state index is 6.71. The number of hydrogen-bond acceptors (Lipinski definition) is 7. The molecule has 11 rings (SSSR count). The van der Waals surface area contributed by atoms with Crippen LogP contribution in [-0.4, -0.2) is 31.1 Å². The molecule has 7 nitrogen and oxygen atoms in total. The number of allylic oxidation sites excluding steroid dienone is 1.